The van der Waals surface area contributed by atoms with Crippen LogP contribution in [0, 0.1) is 0 Å². The van der Waals surface area contributed by atoms with E-state index in [9.17, 15) is 13.2 Å². The van der Waals surface area contributed by atoms with Crippen LogP contribution in [0.15, 0.2) is 66.0 Å². The Morgan fingerprint density at radius 3 is 2.42 bits per heavy atom. The molecular weight excluding hydrogens is 458 g/mol. The second-order valence-electron chi connectivity index (χ2n) is 7.67. The minimum Gasteiger partial charge on any atom is -0.497 e. The molecule has 9 heteroatoms. The molecule has 1 atom stereocenters. The van der Waals surface area contributed by atoms with Gasteiger partial charge in [0.25, 0.3) is 0 Å². The number of aromatic nitrogens is 1. The van der Waals surface area contributed by atoms with E-state index in [1.807, 2.05) is 48.7 Å². The number of fused-ring (bicyclic) bond motifs is 1. The molecule has 7 nitrogen and oxygen atoms in total. The maximum absolute atomic E-state index is 12.8. The Morgan fingerprint density at radius 2 is 1.73 bits per heavy atom. The summed E-state index contributed by atoms with van der Waals surface area (Å²) in [6.45, 7) is 1.86. The molecule has 0 fully saturated rings. The van der Waals surface area contributed by atoms with Gasteiger partial charge in [-0.1, -0.05) is 36.4 Å². The summed E-state index contributed by atoms with van der Waals surface area (Å²) in [5, 5.41) is 7.34. The quantitative estimate of drug-likeness (QED) is 0.383. The highest BCUT2D eigenvalue weighted by Crippen LogP contribution is 2.29. The summed E-state index contributed by atoms with van der Waals surface area (Å²) in [6.07, 6.45) is 1.10. The van der Waals surface area contributed by atoms with Gasteiger partial charge in [0.05, 0.1) is 25.0 Å². The monoisotopic (exact) mass is 481 g/mol. The number of benzene rings is 3. The van der Waals surface area contributed by atoms with Crippen LogP contribution in [0.1, 0.15) is 18.4 Å². The third-order valence-electron chi connectivity index (χ3n) is 5.18. The Balaban J connectivity index is 1.45. The van der Waals surface area contributed by atoms with Crippen molar-refractivity contribution in [1.29, 1.82) is 0 Å². The molecule has 4 aromatic rings. The molecule has 0 aliphatic carbocycles. The Kier molecular flexibility index (Phi) is 6.35. The van der Waals surface area contributed by atoms with Gasteiger partial charge in [-0.15, -0.1) is 11.3 Å². The maximum atomic E-state index is 12.8. The number of hydrogen-bond acceptors (Lipinski definition) is 6. The number of ether oxygens (including phenoxy) is 1. The molecule has 0 saturated heterocycles. The maximum Gasteiger partial charge on any atom is 0.233 e. The van der Waals surface area contributed by atoms with Gasteiger partial charge in [0, 0.05) is 16.6 Å². The van der Waals surface area contributed by atoms with E-state index in [1.54, 1.807) is 31.4 Å². The fourth-order valence-electron chi connectivity index (χ4n) is 3.39. The average molecular weight is 482 g/mol. The molecule has 0 aliphatic heterocycles. The number of carbonyl (C=O) groups excluding carboxylic acids is 1. The molecule has 2 N–H and O–H groups in total. The summed E-state index contributed by atoms with van der Waals surface area (Å²) in [5.41, 5.74) is 2.92. The van der Waals surface area contributed by atoms with Crippen molar-refractivity contribution >= 4 is 48.9 Å². The highest BCUT2D eigenvalue weighted by molar-refractivity contribution is 7.92. The van der Waals surface area contributed by atoms with Crippen molar-refractivity contribution in [1.82, 2.24) is 4.98 Å². The van der Waals surface area contributed by atoms with Crippen LogP contribution in [0.3, 0.4) is 0 Å². The molecule has 170 valence electrons. The van der Waals surface area contributed by atoms with E-state index in [0.717, 1.165) is 33.9 Å². The molecule has 0 radical (unpaired) electrons. The first-order valence-electron chi connectivity index (χ1n) is 10.1. The predicted octanol–water partition coefficient (Wildman–Crippen LogP) is 5.09. The molecule has 3 aromatic carbocycles. The molecule has 4 rings (SSSR count). The van der Waals surface area contributed by atoms with Crippen molar-refractivity contribution in [3.05, 3.63) is 71.6 Å². The normalized spacial score (nSPS) is 12.3. The standard InChI is InChI=1S/C24H23N3O4S2/c1-15(17-4-5-19-13-21(31-2)11-8-18(19)12-17)23(28)26-24-25-22(14-32-24)16-6-9-20(10-7-16)27-33(3,29)30/h4-15,27H,1-3H3,(H,25,26,28). The molecule has 0 aliphatic rings. The third-order valence-corrected chi connectivity index (χ3v) is 6.55. The Bertz CT molecular complexity index is 1410. The summed E-state index contributed by atoms with van der Waals surface area (Å²) in [6, 6.07) is 18.7. The first-order chi connectivity index (χ1) is 15.7. The minimum absolute atomic E-state index is 0.142. The number of nitrogens with one attached hydrogen (secondary N) is 2. The molecule has 0 spiro atoms. The van der Waals surface area contributed by atoms with E-state index in [4.69, 9.17) is 4.74 Å². The lowest BCUT2D eigenvalue weighted by molar-refractivity contribution is -0.117. The van der Waals surface area contributed by atoms with Crippen LogP contribution < -0.4 is 14.8 Å². The summed E-state index contributed by atoms with van der Waals surface area (Å²) in [4.78, 5) is 17.3. The van der Waals surface area contributed by atoms with E-state index in [1.165, 1.54) is 11.3 Å². The van der Waals surface area contributed by atoms with E-state index < -0.39 is 10.0 Å². The lowest BCUT2D eigenvalue weighted by Gasteiger charge is -2.12. The summed E-state index contributed by atoms with van der Waals surface area (Å²) >= 11 is 1.34. The van der Waals surface area contributed by atoms with E-state index >= 15 is 0 Å². The van der Waals surface area contributed by atoms with Crippen LogP contribution >= 0.6 is 11.3 Å². The summed E-state index contributed by atoms with van der Waals surface area (Å²) in [5.74, 6) is 0.295. The fraction of sp³-hybridized carbons (Fsp3) is 0.167. The zero-order chi connectivity index (χ0) is 23.6. The van der Waals surface area contributed by atoms with Crippen LogP contribution in [-0.2, 0) is 14.8 Å². The van der Waals surface area contributed by atoms with Gasteiger partial charge in [-0.25, -0.2) is 13.4 Å². The van der Waals surface area contributed by atoms with E-state index in [2.05, 4.69) is 15.0 Å². The van der Waals surface area contributed by atoms with Crippen LogP contribution in [0.4, 0.5) is 10.8 Å². The number of sulfonamides is 1. The summed E-state index contributed by atoms with van der Waals surface area (Å²) < 4.78 is 30.4. The van der Waals surface area contributed by atoms with Crippen molar-refractivity contribution in [2.75, 3.05) is 23.4 Å². The van der Waals surface area contributed by atoms with Gasteiger partial charge < -0.3 is 10.1 Å². The topological polar surface area (TPSA) is 97.4 Å². The lowest BCUT2D eigenvalue weighted by atomic mass is 9.97. The number of hydrogen-bond donors (Lipinski definition) is 2. The van der Waals surface area contributed by atoms with Crippen molar-refractivity contribution in [3.63, 3.8) is 0 Å². The van der Waals surface area contributed by atoms with Crippen molar-refractivity contribution in [3.8, 4) is 17.0 Å². The van der Waals surface area contributed by atoms with Crippen molar-refractivity contribution in [2.45, 2.75) is 12.8 Å². The van der Waals surface area contributed by atoms with Gasteiger partial charge in [-0.05, 0) is 47.5 Å². The smallest absolute Gasteiger partial charge is 0.233 e. The molecular formula is C24H23N3O4S2. The number of methoxy groups -OCH3 is 1. The van der Waals surface area contributed by atoms with Gasteiger partial charge in [-0.2, -0.15) is 0 Å². The lowest BCUT2D eigenvalue weighted by Crippen LogP contribution is -2.18. The molecule has 0 saturated carbocycles. The van der Waals surface area contributed by atoms with Gasteiger partial charge in [0.2, 0.25) is 15.9 Å². The SMILES string of the molecule is COc1ccc2cc(C(C)C(=O)Nc3nc(-c4ccc(NS(C)(=O)=O)cc4)cs3)ccc2c1. The summed E-state index contributed by atoms with van der Waals surface area (Å²) in [7, 11) is -1.69. The van der Waals surface area contributed by atoms with Crippen LogP contribution in [0.2, 0.25) is 0 Å². The zero-order valence-electron chi connectivity index (χ0n) is 18.3. The molecule has 1 unspecified atom stereocenters. The van der Waals surface area contributed by atoms with Crippen LogP contribution in [-0.4, -0.2) is 32.7 Å². The molecule has 1 amide bonds. The van der Waals surface area contributed by atoms with Crippen LogP contribution in [0.5, 0.6) is 5.75 Å². The number of anilines is 2. The fourth-order valence-corrected chi connectivity index (χ4v) is 4.68. The van der Waals surface area contributed by atoms with Crippen molar-refractivity contribution < 1.29 is 17.9 Å². The van der Waals surface area contributed by atoms with Crippen molar-refractivity contribution in [2.24, 2.45) is 0 Å². The second kappa shape index (κ2) is 9.21. The molecule has 1 aromatic heterocycles. The Hall–Kier alpha value is -3.43. The molecule has 0 bridgehead atoms. The van der Waals surface area contributed by atoms with Crippen LogP contribution in [0.25, 0.3) is 22.0 Å². The minimum atomic E-state index is -3.33. The number of nitrogens with zero attached hydrogens (tertiary/aromatic N) is 1. The Labute approximate surface area is 196 Å². The number of amides is 1. The Morgan fingerprint density at radius 1 is 1.03 bits per heavy atom. The van der Waals surface area contributed by atoms with Gasteiger partial charge in [0.1, 0.15) is 5.75 Å². The first-order valence-corrected chi connectivity index (χ1v) is 12.9. The highest BCUT2D eigenvalue weighted by atomic mass is 32.2. The third kappa shape index (κ3) is 5.50. The number of rotatable bonds is 7. The van der Waals surface area contributed by atoms with Gasteiger partial charge in [0.15, 0.2) is 5.13 Å². The molecule has 33 heavy (non-hydrogen) atoms. The number of carbonyl (C=O) groups is 1. The van der Waals surface area contributed by atoms with E-state index in [-0.39, 0.29) is 11.8 Å². The van der Waals surface area contributed by atoms with Gasteiger partial charge >= 0.3 is 0 Å². The molecule has 1 heterocycles. The average Bonchev–Trinajstić information content (AvgIpc) is 3.25. The number of thiazole rings is 1. The van der Waals surface area contributed by atoms with E-state index in [0.29, 0.717) is 16.5 Å². The predicted molar refractivity (Wildman–Crippen MR) is 134 cm³/mol. The second-order valence-corrected chi connectivity index (χ2v) is 10.3. The first kappa shape index (κ1) is 22.8. The highest BCUT2D eigenvalue weighted by Gasteiger charge is 2.17. The zero-order valence-corrected chi connectivity index (χ0v) is 20.0. The largest absolute Gasteiger partial charge is 0.497 e. The van der Waals surface area contributed by atoms with Gasteiger partial charge in [-0.3, -0.25) is 9.52 Å².